The fraction of sp³-hybridized carbons (Fsp3) is 0. The van der Waals surface area contributed by atoms with Gasteiger partial charge in [0.2, 0.25) is 0 Å². The van der Waals surface area contributed by atoms with Gasteiger partial charge in [0.1, 0.15) is 11.2 Å². The lowest BCUT2D eigenvalue weighted by Crippen LogP contribution is -1.97. The van der Waals surface area contributed by atoms with E-state index in [0.29, 0.717) is 5.82 Å². The van der Waals surface area contributed by atoms with Crippen molar-refractivity contribution in [3.05, 3.63) is 218 Å². The first-order chi connectivity index (χ1) is 30.2. The van der Waals surface area contributed by atoms with E-state index in [9.17, 15) is 0 Å². The zero-order chi connectivity index (χ0) is 40.3. The Balaban J connectivity index is 1.03. The molecule has 0 amide bonds. The summed E-state index contributed by atoms with van der Waals surface area (Å²) >= 11 is 0. The molecule has 0 saturated heterocycles. The lowest BCUT2D eigenvalue weighted by molar-refractivity contribution is 0.669. The number of rotatable bonds is 6. The maximum absolute atomic E-state index is 6.34. The number of nitrogens with zero attached hydrogens (tertiary/aromatic N) is 2. The first kappa shape index (κ1) is 34.9. The first-order valence-electron chi connectivity index (χ1n) is 20.7. The van der Waals surface area contributed by atoms with Gasteiger partial charge in [-0.25, -0.2) is 9.97 Å². The summed E-state index contributed by atoms with van der Waals surface area (Å²) in [6, 6.07) is 77.5. The molecule has 12 rings (SSSR count). The Hall–Kier alpha value is -8.14. The van der Waals surface area contributed by atoms with E-state index < -0.39 is 0 Å². The van der Waals surface area contributed by atoms with E-state index in [1.165, 1.54) is 43.4 Å². The minimum atomic E-state index is 0.671. The van der Waals surface area contributed by atoms with Crippen LogP contribution in [-0.2, 0) is 0 Å². The van der Waals surface area contributed by atoms with Gasteiger partial charge in [0, 0.05) is 27.5 Å². The minimum absolute atomic E-state index is 0.671. The molecule has 0 unspecified atom stereocenters. The molecule has 0 atom stereocenters. The molecule has 10 aromatic carbocycles. The molecule has 0 spiro atoms. The van der Waals surface area contributed by atoms with E-state index in [-0.39, 0.29) is 0 Å². The fourth-order valence-corrected chi connectivity index (χ4v) is 9.18. The van der Waals surface area contributed by atoms with Gasteiger partial charge in [-0.2, -0.15) is 0 Å². The molecule has 0 radical (unpaired) electrons. The highest BCUT2D eigenvalue weighted by Gasteiger charge is 2.19. The number of para-hydroxylation sites is 1. The lowest BCUT2D eigenvalue weighted by Gasteiger charge is -2.15. The normalized spacial score (nSPS) is 11.6. The van der Waals surface area contributed by atoms with Gasteiger partial charge in [0.25, 0.3) is 0 Å². The maximum atomic E-state index is 6.34. The summed E-state index contributed by atoms with van der Waals surface area (Å²) in [5.74, 6) is 0.671. The summed E-state index contributed by atoms with van der Waals surface area (Å²) < 4.78 is 6.34. The molecule has 61 heavy (non-hydrogen) atoms. The molecule has 0 saturated carbocycles. The Labute approximate surface area is 352 Å². The highest BCUT2D eigenvalue weighted by atomic mass is 16.3. The van der Waals surface area contributed by atoms with Crippen LogP contribution in [-0.4, -0.2) is 9.97 Å². The van der Waals surface area contributed by atoms with Crippen LogP contribution in [0.25, 0.3) is 122 Å². The highest BCUT2D eigenvalue weighted by molar-refractivity contribution is 6.20. The third-order valence-electron chi connectivity index (χ3n) is 12.1. The van der Waals surface area contributed by atoms with Crippen LogP contribution in [0.4, 0.5) is 0 Å². The molecule has 0 aliphatic rings. The summed E-state index contributed by atoms with van der Waals surface area (Å²) in [5, 5.41) is 9.67. The fourth-order valence-electron chi connectivity index (χ4n) is 9.18. The van der Waals surface area contributed by atoms with Gasteiger partial charge in [0.15, 0.2) is 5.82 Å². The van der Waals surface area contributed by atoms with Crippen molar-refractivity contribution in [2.75, 3.05) is 0 Å². The lowest BCUT2D eigenvalue weighted by atomic mass is 9.89. The molecular formula is C58H36N2O. The van der Waals surface area contributed by atoms with Crippen LogP contribution >= 0.6 is 0 Å². The summed E-state index contributed by atoms with van der Waals surface area (Å²) in [7, 11) is 0. The van der Waals surface area contributed by atoms with E-state index in [0.717, 1.165) is 72.3 Å². The maximum Gasteiger partial charge on any atom is 0.160 e. The largest absolute Gasteiger partial charge is 0.456 e. The third-order valence-corrected chi connectivity index (χ3v) is 12.1. The second kappa shape index (κ2) is 14.3. The van der Waals surface area contributed by atoms with Crippen LogP contribution in [0.3, 0.4) is 0 Å². The predicted octanol–water partition coefficient (Wildman–Crippen LogP) is 15.8. The first-order valence-corrected chi connectivity index (χ1v) is 20.7. The average molecular weight is 777 g/mol. The Kier molecular flexibility index (Phi) is 8.17. The Morgan fingerprint density at radius 3 is 1.72 bits per heavy atom. The van der Waals surface area contributed by atoms with E-state index in [1.807, 2.05) is 24.3 Å². The predicted molar refractivity (Wildman–Crippen MR) is 254 cm³/mol. The molecule has 0 N–H and O–H groups in total. The SMILES string of the molecule is c1ccc(-c2ccc(-c3nc(-c4ccc(-c5c6ccccc6cc6c5ccc5ccccc56)cc4)cc(-c4ccccc4-c4cccc5oc6ccccc6c45)n3)cc2)cc1. The van der Waals surface area contributed by atoms with Crippen molar-refractivity contribution in [3.8, 4) is 67.3 Å². The monoisotopic (exact) mass is 776 g/mol. The molecule has 2 aromatic heterocycles. The van der Waals surface area contributed by atoms with Crippen molar-refractivity contribution in [2.24, 2.45) is 0 Å². The molecule has 3 nitrogen and oxygen atoms in total. The van der Waals surface area contributed by atoms with Gasteiger partial charge in [-0.1, -0.05) is 194 Å². The van der Waals surface area contributed by atoms with Gasteiger partial charge in [0.05, 0.1) is 11.4 Å². The molecule has 284 valence electrons. The van der Waals surface area contributed by atoms with E-state index in [4.69, 9.17) is 14.4 Å². The summed E-state index contributed by atoms with van der Waals surface area (Å²) in [6.45, 7) is 0. The van der Waals surface area contributed by atoms with Crippen molar-refractivity contribution >= 4 is 54.3 Å². The van der Waals surface area contributed by atoms with Gasteiger partial charge in [-0.15, -0.1) is 0 Å². The molecule has 0 aliphatic carbocycles. The quantitative estimate of drug-likeness (QED) is 0.125. The Morgan fingerprint density at radius 2 is 0.885 bits per heavy atom. The van der Waals surface area contributed by atoms with Gasteiger partial charge < -0.3 is 4.42 Å². The molecule has 3 heteroatoms. The standard InChI is InChI=1S/C58H36N2O/c1-2-13-37(14-3-1)38-25-31-42(32-26-38)58-59-52(36-53(60-58)47-20-9-8-19-46(47)48-22-12-24-55-57(48)50-21-10-11-23-54(50)61-55)40-27-29-41(30-28-40)56-45-18-7-5-16-43(45)35-51-44-17-6-4-15-39(44)33-34-49(51)56/h1-36H. The van der Waals surface area contributed by atoms with Crippen molar-refractivity contribution in [3.63, 3.8) is 0 Å². The van der Waals surface area contributed by atoms with Crippen LogP contribution < -0.4 is 0 Å². The highest BCUT2D eigenvalue weighted by Crippen LogP contribution is 2.43. The van der Waals surface area contributed by atoms with Crippen molar-refractivity contribution in [2.45, 2.75) is 0 Å². The molecular weight excluding hydrogens is 741 g/mol. The number of fused-ring (bicyclic) bond motifs is 7. The smallest absolute Gasteiger partial charge is 0.160 e. The zero-order valence-corrected chi connectivity index (χ0v) is 33.1. The Morgan fingerprint density at radius 1 is 0.295 bits per heavy atom. The summed E-state index contributed by atoms with van der Waals surface area (Å²) in [4.78, 5) is 10.6. The topological polar surface area (TPSA) is 38.9 Å². The van der Waals surface area contributed by atoms with Crippen LogP contribution in [0.1, 0.15) is 0 Å². The van der Waals surface area contributed by atoms with E-state index >= 15 is 0 Å². The Bertz CT molecular complexity index is 3620. The minimum Gasteiger partial charge on any atom is -0.456 e. The second-order valence-electron chi connectivity index (χ2n) is 15.7. The van der Waals surface area contributed by atoms with Gasteiger partial charge in [-0.05, 0) is 90.0 Å². The molecule has 2 heterocycles. The zero-order valence-electron chi connectivity index (χ0n) is 33.1. The summed E-state index contributed by atoms with van der Waals surface area (Å²) in [6.07, 6.45) is 0. The number of furan rings is 1. The number of benzene rings is 10. The van der Waals surface area contributed by atoms with Crippen LogP contribution in [0, 0.1) is 0 Å². The van der Waals surface area contributed by atoms with Crippen LogP contribution in [0.2, 0.25) is 0 Å². The molecule has 0 aliphatic heterocycles. The third kappa shape index (κ3) is 5.98. The summed E-state index contributed by atoms with van der Waals surface area (Å²) in [5.41, 5.74) is 13.4. The van der Waals surface area contributed by atoms with E-state index in [1.54, 1.807) is 0 Å². The van der Waals surface area contributed by atoms with Crippen molar-refractivity contribution in [1.29, 1.82) is 0 Å². The molecule has 0 fully saturated rings. The average Bonchev–Trinajstić information content (AvgIpc) is 3.73. The van der Waals surface area contributed by atoms with Crippen molar-refractivity contribution in [1.82, 2.24) is 9.97 Å². The second-order valence-corrected chi connectivity index (χ2v) is 15.7. The van der Waals surface area contributed by atoms with Gasteiger partial charge >= 0.3 is 0 Å². The number of aromatic nitrogens is 2. The molecule has 0 bridgehead atoms. The number of hydrogen-bond donors (Lipinski definition) is 0. The van der Waals surface area contributed by atoms with Gasteiger partial charge in [-0.3, -0.25) is 0 Å². The number of hydrogen-bond acceptors (Lipinski definition) is 3. The molecule has 12 aromatic rings. The van der Waals surface area contributed by atoms with Crippen LogP contribution in [0.15, 0.2) is 223 Å². The van der Waals surface area contributed by atoms with Crippen LogP contribution in [0.5, 0.6) is 0 Å². The van der Waals surface area contributed by atoms with E-state index in [2.05, 4.69) is 194 Å². The van der Waals surface area contributed by atoms with Crippen molar-refractivity contribution < 1.29 is 4.42 Å².